The van der Waals surface area contributed by atoms with Crippen LogP contribution < -0.4 is 10.5 Å². The average molecular weight is 420 g/mol. The van der Waals surface area contributed by atoms with Crippen molar-refractivity contribution in [1.29, 1.82) is 0 Å². The Morgan fingerprint density at radius 1 is 0.968 bits per heavy atom. The van der Waals surface area contributed by atoms with Gasteiger partial charge in [0.05, 0.1) is 13.0 Å². The zero-order chi connectivity index (χ0) is 22.2. The van der Waals surface area contributed by atoms with E-state index in [1.54, 1.807) is 12.1 Å². The number of benzene rings is 3. The second-order valence-corrected chi connectivity index (χ2v) is 7.56. The highest BCUT2D eigenvalue weighted by Gasteiger charge is 2.10. The number of carbonyl (C=O) groups is 1. The average Bonchev–Trinajstić information content (AvgIpc) is 2.76. The maximum Gasteiger partial charge on any atom is 0.307 e. The number of aliphatic carboxylic acids is 1. The molecular formula is C26H29NO4. The van der Waals surface area contributed by atoms with Gasteiger partial charge in [-0.05, 0) is 65.9 Å². The fourth-order valence-electron chi connectivity index (χ4n) is 3.43. The lowest BCUT2D eigenvalue weighted by Crippen LogP contribution is -2.05. The topological polar surface area (TPSA) is 81.8 Å². The summed E-state index contributed by atoms with van der Waals surface area (Å²) in [5.41, 5.74) is 12.0. The summed E-state index contributed by atoms with van der Waals surface area (Å²) < 4.78 is 11.6. The first-order chi connectivity index (χ1) is 15.0. The predicted molar refractivity (Wildman–Crippen MR) is 122 cm³/mol. The molecule has 0 aromatic heterocycles. The summed E-state index contributed by atoms with van der Waals surface area (Å²) in [6, 6.07) is 21.7. The second-order valence-electron chi connectivity index (χ2n) is 7.56. The molecule has 0 saturated heterocycles. The van der Waals surface area contributed by atoms with Gasteiger partial charge in [-0.2, -0.15) is 0 Å². The molecule has 1 unspecified atom stereocenters. The molecule has 31 heavy (non-hydrogen) atoms. The molecule has 1 atom stereocenters. The van der Waals surface area contributed by atoms with Crippen molar-refractivity contribution in [3.8, 4) is 16.9 Å². The molecule has 0 fully saturated rings. The van der Waals surface area contributed by atoms with Crippen molar-refractivity contribution < 1.29 is 19.4 Å². The molecular weight excluding hydrogens is 390 g/mol. The van der Waals surface area contributed by atoms with Crippen LogP contribution in [-0.4, -0.2) is 17.7 Å². The summed E-state index contributed by atoms with van der Waals surface area (Å²) in [4.78, 5) is 11.1. The first-order valence-corrected chi connectivity index (χ1v) is 10.4. The minimum absolute atomic E-state index is 0.0416. The highest BCUT2D eigenvalue weighted by Crippen LogP contribution is 2.27. The Labute approximate surface area is 183 Å². The Hall–Kier alpha value is -3.15. The van der Waals surface area contributed by atoms with E-state index in [0.717, 1.165) is 27.8 Å². The van der Waals surface area contributed by atoms with E-state index in [-0.39, 0.29) is 12.5 Å². The number of rotatable bonds is 10. The van der Waals surface area contributed by atoms with E-state index in [9.17, 15) is 4.79 Å². The first-order valence-electron chi connectivity index (χ1n) is 10.4. The third-order valence-electron chi connectivity index (χ3n) is 4.98. The molecule has 3 rings (SSSR count). The Morgan fingerprint density at radius 2 is 1.71 bits per heavy atom. The molecule has 0 spiro atoms. The quantitative estimate of drug-likeness (QED) is 0.477. The van der Waals surface area contributed by atoms with Gasteiger partial charge in [-0.1, -0.05) is 42.5 Å². The van der Waals surface area contributed by atoms with Gasteiger partial charge in [0.2, 0.25) is 0 Å². The highest BCUT2D eigenvalue weighted by atomic mass is 16.5. The minimum Gasteiger partial charge on any atom is -0.489 e. The van der Waals surface area contributed by atoms with E-state index in [1.807, 2.05) is 38.1 Å². The molecule has 0 aliphatic heterocycles. The van der Waals surface area contributed by atoms with Crippen molar-refractivity contribution in [2.45, 2.75) is 39.5 Å². The molecule has 0 aliphatic rings. The Bertz CT molecular complexity index is 1030. The number of nitrogens with two attached hydrogens (primary N) is 1. The molecule has 3 N–H and O–H groups in total. The van der Waals surface area contributed by atoms with Gasteiger partial charge in [-0.15, -0.1) is 0 Å². The zero-order valence-corrected chi connectivity index (χ0v) is 18.0. The van der Waals surface area contributed by atoms with Crippen LogP contribution in [0.4, 0.5) is 0 Å². The summed E-state index contributed by atoms with van der Waals surface area (Å²) in [6.45, 7) is 5.42. The van der Waals surface area contributed by atoms with Crippen molar-refractivity contribution in [2.24, 2.45) is 5.73 Å². The fourth-order valence-corrected chi connectivity index (χ4v) is 3.43. The lowest BCUT2D eigenvalue weighted by molar-refractivity contribution is -0.136. The molecule has 0 heterocycles. The van der Waals surface area contributed by atoms with Crippen molar-refractivity contribution >= 4 is 5.97 Å². The van der Waals surface area contributed by atoms with E-state index < -0.39 is 5.97 Å². The van der Waals surface area contributed by atoms with Crippen LogP contribution in [0.25, 0.3) is 11.1 Å². The first kappa shape index (κ1) is 22.5. The molecule has 5 heteroatoms. The van der Waals surface area contributed by atoms with E-state index >= 15 is 0 Å². The molecule has 162 valence electrons. The maximum absolute atomic E-state index is 11.1. The van der Waals surface area contributed by atoms with Gasteiger partial charge in [-0.25, -0.2) is 0 Å². The van der Waals surface area contributed by atoms with Crippen molar-refractivity contribution in [2.75, 3.05) is 6.61 Å². The smallest absolute Gasteiger partial charge is 0.307 e. The molecule has 3 aromatic carbocycles. The van der Waals surface area contributed by atoms with Gasteiger partial charge in [0.1, 0.15) is 12.4 Å². The molecule has 0 aliphatic carbocycles. The van der Waals surface area contributed by atoms with E-state index in [1.165, 1.54) is 0 Å². The standard InChI is InChI=1S/C26H29NO4/c1-3-30-16-19-11-20(17-31-25-10-5-4-7-23(25)15-26(28)29)13-24(12-19)22-9-6-8-21(14-22)18(2)27/h4-14,18H,3,15-17,27H2,1-2H3,(H,28,29). The number of carboxylic acids is 1. The van der Waals surface area contributed by atoms with Crippen molar-refractivity contribution in [3.05, 3.63) is 89.0 Å². The third-order valence-corrected chi connectivity index (χ3v) is 4.98. The summed E-state index contributed by atoms with van der Waals surface area (Å²) in [5, 5.41) is 9.14. The van der Waals surface area contributed by atoms with Gasteiger partial charge in [0.15, 0.2) is 0 Å². The number of carboxylic acid groups (broad SMARTS) is 1. The summed E-state index contributed by atoms with van der Waals surface area (Å²) >= 11 is 0. The van der Waals surface area contributed by atoms with Crippen LogP contribution >= 0.6 is 0 Å². The normalized spacial score (nSPS) is 11.8. The van der Waals surface area contributed by atoms with Gasteiger partial charge < -0.3 is 20.3 Å². The monoisotopic (exact) mass is 419 g/mol. The molecule has 0 amide bonds. The van der Waals surface area contributed by atoms with Crippen LogP contribution in [0.1, 0.15) is 42.1 Å². The Morgan fingerprint density at radius 3 is 2.42 bits per heavy atom. The SMILES string of the molecule is CCOCc1cc(COc2ccccc2CC(=O)O)cc(-c2cccc(C(C)N)c2)c1. The number of ether oxygens (including phenoxy) is 2. The van der Waals surface area contributed by atoms with Crippen LogP contribution in [0.5, 0.6) is 5.75 Å². The molecule has 5 nitrogen and oxygen atoms in total. The predicted octanol–water partition coefficient (Wildman–Crippen LogP) is 5.12. The number of hydrogen-bond donors (Lipinski definition) is 2. The van der Waals surface area contributed by atoms with Gasteiger partial charge in [0.25, 0.3) is 0 Å². The molecule has 0 radical (unpaired) electrons. The van der Waals surface area contributed by atoms with Crippen LogP contribution in [-0.2, 0) is 29.2 Å². The summed E-state index contributed by atoms with van der Waals surface area (Å²) in [6.07, 6.45) is -0.0735. The lowest BCUT2D eigenvalue weighted by Gasteiger charge is -2.14. The largest absolute Gasteiger partial charge is 0.489 e. The third kappa shape index (κ3) is 6.41. The zero-order valence-electron chi connectivity index (χ0n) is 18.0. The van der Waals surface area contributed by atoms with E-state index in [4.69, 9.17) is 20.3 Å². The number of hydrogen-bond acceptors (Lipinski definition) is 4. The fraction of sp³-hybridized carbons (Fsp3) is 0.269. The molecule has 0 saturated carbocycles. The van der Waals surface area contributed by atoms with E-state index in [2.05, 4.69) is 30.3 Å². The number of para-hydroxylation sites is 1. The Kier molecular flexibility index (Phi) is 7.82. The van der Waals surface area contributed by atoms with Crippen LogP contribution in [0.2, 0.25) is 0 Å². The maximum atomic E-state index is 11.1. The van der Waals surface area contributed by atoms with E-state index in [0.29, 0.717) is 31.1 Å². The van der Waals surface area contributed by atoms with Crippen molar-refractivity contribution in [1.82, 2.24) is 0 Å². The molecule has 0 bridgehead atoms. The van der Waals surface area contributed by atoms with Crippen LogP contribution in [0, 0.1) is 0 Å². The van der Waals surface area contributed by atoms with Gasteiger partial charge in [0, 0.05) is 18.2 Å². The highest BCUT2D eigenvalue weighted by molar-refractivity contribution is 5.71. The van der Waals surface area contributed by atoms with Crippen LogP contribution in [0.3, 0.4) is 0 Å². The minimum atomic E-state index is -0.883. The second kappa shape index (κ2) is 10.8. The molecule has 3 aromatic rings. The van der Waals surface area contributed by atoms with Gasteiger partial charge in [-0.3, -0.25) is 4.79 Å². The van der Waals surface area contributed by atoms with Crippen LogP contribution in [0.15, 0.2) is 66.7 Å². The lowest BCUT2D eigenvalue weighted by atomic mass is 9.97. The van der Waals surface area contributed by atoms with Gasteiger partial charge >= 0.3 is 5.97 Å². The summed E-state index contributed by atoms with van der Waals surface area (Å²) in [5.74, 6) is -0.299. The Balaban J connectivity index is 1.89. The summed E-state index contributed by atoms with van der Waals surface area (Å²) in [7, 11) is 0. The van der Waals surface area contributed by atoms with Crippen molar-refractivity contribution in [3.63, 3.8) is 0 Å².